The van der Waals surface area contributed by atoms with Crippen LogP contribution in [-0.4, -0.2) is 19.7 Å². The molecule has 0 atom stereocenters. The van der Waals surface area contributed by atoms with Gasteiger partial charge < -0.3 is 4.18 Å². The Morgan fingerprint density at radius 3 is 2.35 bits per heavy atom. The topological polar surface area (TPSA) is 60.4 Å². The summed E-state index contributed by atoms with van der Waals surface area (Å²) in [7, 11) is -5.70. The first-order valence-electron chi connectivity index (χ1n) is 4.25. The van der Waals surface area contributed by atoms with Gasteiger partial charge in [0.1, 0.15) is 5.75 Å². The molecule has 0 bridgehead atoms. The first kappa shape index (κ1) is 13.5. The molecule has 0 N–H and O–H groups in total. The standard InChI is InChI=1S/C9H7F3O4S/c1-6(13)7-3-2-4-8(5-7)16-17(14,15)9(10,11)12/h2-5H,1H3. The molecule has 0 heterocycles. The number of carbonyl (C=O) groups is 1. The number of rotatable bonds is 3. The van der Waals surface area contributed by atoms with Crippen LogP contribution in [0.1, 0.15) is 17.3 Å². The van der Waals surface area contributed by atoms with Crippen LogP contribution in [0.2, 0.25) is 0 Å². The smallest absolute Gasteiger partial charge is 0.376 e. The third-order valence-corrected chi connectivity index (χ3v) is 2.71. The minimum atomic E-state index is -5.70. The molecule has 0 saturated heterocycles. The molecule has 0 spiro atoms. The number of alkyl halides is 3. The molecular formula is C9H7F3O4S. The fourth-order valence-corrected chi connectivity index (χ4v) is 1.39. The zero-order valence-corrected chi connectivity index (χ0v) is 9.30. The Morgan fingerprint density at radius 1 is 1.29 bits per heavy atom. The van der Waals surface area contributed by atoms with Crippen LogP contribution in [0.25, 0.3) is 0 Å². The van der Waals surface area contributed by atoms with E-state index < -0.39 is 27.2 Å². The van der Waals surface area contributed by atoms with Crippen molar-refractivity contribution in [3.63, 3.8) is 0 Å². The quantitative estimate of drug-likeness (QED) is 0.478. The number of Topliss-reactive ketones (excluding diaryl/α,β-unsaturated/α-hetero) is 1. The van der Waals surface area contributed by atoms with Gasteiger partial charge in [0.05, 0.1) is 0 Å². The molecule has 0 fully saturated rings. The zero-order valence-electron chi connectivity index (χ0n) is 8.48. The van der Waals surface area contributed by atoms with Crippen molar-refractivity contribution in [2.45, 2.75) is 12.4 Å². The number of benzene rings is 1. The van der Waals surface area contributed by atoms with Crippen LogP contribution >= 0.6 is 0 Å². The maximum Gasteiger partial charge on any atom is 0.534 e. The summed E-state index contributed by atoms with van der Waals surface area (Å²) in [6, 6.07) is 4.48. The average Bonchev–Trinajstić information content (AvgIpc) is 2.15. The second-order valence-corrected chi connectivity index (χ2v) is 4.61. The Bertz CT molecular complexity index is 533. The number of hydrogen-bond acceptors (Lipinski definition) is 4. The minimum Gasteiger partial charge on any atom is -0.376 e. The molecule has 4 nitrogen and oxygen atoms in total. The van der Waals surface area contributed by atoms with Crippen molar-refractivity contribution < 1.29 is 30.6 Å². The van der Waals surface area contributed by atoms with E-state index in [4.69, 9.17) is 0 Å². The van der Waals surface area contributed by atoms with Gasteiger partial charge in [-0.15, -0.1) is 0 Å². The van der Waals surface area contributed by atoms with E-state index in [2.05, 4.69) is 4.18 Å². The molecule has 0 aliphatic heterocycles. The van der Waals surface area contributed by atoms with Gasteiger partial charge in [-0.05, 0) is 19.1 Å². The van der Waals surface area contributed by atoms with Gasteiger partial charge in [-0.2, -0.15) is 21.6 Å². The van der Waals surface area contributed by atoms with E-state index in [0.29, 0.717) is 0 Å². The highest BCUT2D eigenvalue weighted by atomic mass is 32.2. The Labute approximate surface area is 95.1 Å². The van der Waals surface area contributed by atoms with E-state index in [9.17, 15) is 26.4 Å². The number of carbonyl (C=O) groups excluding carboxylic acids is 1. The SMILES string of the molecule is CC(=O)c1cccc(OS(=O)(=O)C(F)(F)F)c1. The first-order valence-corrected chi connectivity index (χ1v) is 5.66. The van der Waals surface area contributed by atoms with Gasteiger partial charge in [-0.1, -0.05) is 12.1 Å². The Morgan fingerprint density at radius 2 is 1.88 bits per heavy atom. The lowest BCUT2D eigenvalue weighted by atomic mass is 10.1. The highest BCUT2D eigenvalue weighted by Crippen LogP contribution is 2.27. The summed E-state index contributed by atoms with van der Waals surface area (Å²) in [4.78, 5) is 10.9. The van der Waals surface area contributed by atoms with Crippen molar-refractivity contribution in [2.75, 3.05) is 0 Å². The van der Waals surface area contributed by atoms with E-state index in [-0.39, 0.29) is 5.56 Å². The lowest BCUT2D eigenvalue weighted by Crippen LogP contribution is -2.28. The summed E-state index contributed by atoms with van der Waals surface area (Å²) >= 11 is 0. The molecule has 17 heavy (non-hydrogen) atoms. The molecule has 0 amide bonds. The van der Waals surface area contributed by atoms with Crippen LogP contribution in [0.4, 0.5) is 13.2 Å². The van der Waals surface area contributed by atoms with E-state index >= 15 is 0 Å². The number of halogens is 3. The van der Waals surface area contributed by atoms with E-state index in [1.165, 1.54) is 19.1 Å². The number of ketones is 1. The van der Waals surface area contributed by atoms with Crippen LogP contribution in [0.3, 0.4) is 0 Å². The van der Waals surface area contributed by atoms with Crippen molar-refractivity contribution in [1.29, 1.82) is 0 Å². The fourth-order valence-electron chi connectivity index (χ4n) is 0.941. The maximum atomic E-state index is 12.0. The molecule has 94 valence electrons. The molecular weight excluding hydrogens is 261 g/mol. The van der Waals surface area contributed by atoms with Crippen molar-refractivity contribution >= 4 is 15.9 Å². The minimum absolute atomic E-state index is 0.0554. The van der Waals surface area contributed by atoms with Crippen LogP contribution in [0.15, 0.2) is 24.3 Å². The molecule has 1 aromatic rings. The third kappa shape index (κ3) is 3.19. The summed E-state index contributed by atoms with van der Waals surface area (Å²) in [5.74, 6) is -0.977. The highest BCUT2D eigenvalue weighted by molar-refractivity contribution is 7.87. The molecule has 1 aromatic carbocycles. The van der Waals surface area contributed by atoms with Crippen LogP contribution in [-0.2, 0) is 10.1 Å². The lowest BCUT2D eigenvalue weighted by molar-refractivity contribution is -0.0500. The van der Waals surface area contributed by atoms with Gasteiger partial charge in [0.15, 0.2) is 5.78 Å². The average molecular weight is 268 g/mol. The fraction of sp³-hybridized carbons (Fsp3) is 0.222. The first-order chi connectivity index (χ1) is 7.63. The summed E-state index contributed by atoms with van der Waals surface area (Å²) in [5.41, 5.74) is -5.45. The predicted molar refractivity (Wildman–Crippen MR) is 52.0 cm³/mol. The van der Waals surface area contributed by atoms with Gasteiger partial charge >= 0.3 is 15.6 Å². The van der Waals surface area contributed by atoms with Gasteiger partial charge in [0.25, 0.3) is 0 Å². The molecule has 0 aliphatic rings. The third-order valence-electron chi connectivity index (χ3n) is 1.73. The summed E-state index contributed by atoms with van der Waals surface area (Å²) in [6.07, 6.45) is 0. The highest BCUT2D eigenvalue weighted by Gasteiger charge is 2.48. The second-order valence-electron chi connectivity index (χ2n) is 3.07. The van der Waals surface area contributed by atoms with Gasteiger partial charge in [0, 0.05) is 5.56 Å². The van der Waals surface area contributed by atoms with Crippen molar-refractivity contribution in [3.8, 4) is 5.75 Å². The molecule has 8 heteroatoms. The molecule has 0 unspecified atom stereocenters. The van der Waals surface area contributed by atoms with Gasteiger partial charge in [0.2, 0.25) is 0 Å². The summed E-state index contributed by atoms with van der Waals surface area (Å²) < 4.78 is 61.2. The van der Waals surface area contributed by atoms with Crippen LogP contribution < -0.4 is 4.18 Å². The Kier molecular flexibility index (Phi) is 3.46. The summed E-state index contributed by atoms with van der Waals surface area (Å²) in [5, 5.41) is 0. The van der Waals surface area contributed by atoms with Crippen LogP contribution in [0.5, 0.6) is 5.75 Å². The molecule has 0 radical (unpaired) electrons. The monoisotopic (exact) mass is 268 g/mol. The summed E-state index contributed by atoms with van der Waals surface area (Å²) in [6.45, 7) is 1.19. The van der Waals surface area contributed by atoms with Crippen molar-refractivity contribution in [2.24, 2.45) is 0 Å². The predicted octanol–water partition coefficient (Wildman–Crippen LogP) is 2.12. The molecule has 0 saturated carbocycles. The maximum absolute atomic E-state index is 12.0. The zero-order chi connectivity index (χ0) is 13.3. The van der Waals surface area contributed by atoms with Gasteiger partial charge in [-0.3, -0.25) is 4.79 Å². The van der Waals surface area contributed by atoms with E-state index in [0.717, 1.165) is 12.1 Å². The lowest BCUT2D eigenvalue weighted by Gasteiger charge is -2.09. The van der Waals surface area contributed by atoms with Crippen molar-refractivity contribution in [3.05, 3.63) is 29.8 Å². The van der Waals surface area contributed by atoms with E-state index in [1.807, 2.05) is 0 Å². The number of hydrogen-bond donors (Lipinski definition) is 0. The Hall–Kier alpha value is -1.57. The van der Waals surface area contributed by atoms with Gasteiger partial charge in [-0.25, -0.2) is 0 Å². The van der Waals surface area contributed by atoms with Crippen molar-refractivity contribution in [1.82, 2.24) is 0 Å². The molecule has 0 aromatic heterocycles. The largest absolute Gasteiger partial charge is 0.534 e. The molecule has 0 aliphatic carbocycles. The molecule has 1 rings (SSSR count). The second kappa shape index (κ2) is 4.36. The van der Waals surface area contributed by atoms with E-state index in [1.54, 1.807) is 0 Å². The normalized spacial score (nSPS) is 12.2. The Balaban J connectivity index is 3.05. The van der Waals surface area contributed by atoms with Crippen LogP contribution in [0, 0.1) is 0 Å².